The van der Waals surface area contributed by atoms with Gasteiger partial charge in [0.05, 0.1) is 11.7 Å². The van der Waals surface area contributed by atoms with Gasteiger partial charge in [-0.05, 0) is 31.2 Å². The van der Waals surface area contributed by atoms with Crippen LogP contribution in [-0.2, 0) is 11.3 Å². The van der Waals surface area contributed by atoms with Crippen molar-refractivity contribution in [1.29, 1.82) is 0 Å². The van der Waals surface area contributed by atoms with Crippen LogP contribution >= 0.6 is 22.9 Å². The number of carbonyl (C=O) groups excluding carboxylic acids is 1. The predicted molar refractivity (Wildman–Crippen MR) is 91.1 cm³/mol. The fourth-order valence-corrected chi connectivity index (χ4v) is 3.57. The maximum Gasteiger partial charge on any atom is 0.319 e. The number of halogens is 1. The fourth-order valence-electron chi connectivity index (χ4n) is 2.74. The molecule has 3 rings (SSSR count). The number of aromatic nitrogens is 2. The molecule has 0 saturated carbocycles. The molecule has 1 aliphatic heterocycles. The van der Waals surface area contributed by atoms with Crippen molar-refractivity contribution in [2.24, 2.45) is 0 Å². The van der Waals surface area contributed by atoms with Crippen molar-refractivity contribution in [3.63, 3.8) is 0 Å². The molecule has 1 aliphatic rings. The summed E-state index contributed by atoms with van der Waals surface area (Å²) in [5.41, 5.74) is 0.623. The average Bonchev–Trinajstić information content (AvgIpc) is 3.17. The molecule has 2 aromatic heterocycles. The Morgan fingerprint density at radius 2 is 2.48 bits per heavy atom. The Morgan fingerprint density at radius 1 is 1.61 bits per heavy atom. The van der Waals surface area contributed by atoms with E-state index in [9.17, 15) is 4.79 Å². The quantitative estimate of drug-likeness (QED) is 0.880. The van der Waals surface area contributed by atoms with E-state index in [1.807, 2.05) is 16.1 Å². The lowest BCUT2D eigenvalue weighted by molar-refractivity contribution is -0.0140. The lowest BCUT2D eigenvalue weighted by Gasteiger charge is -2.32. The van der Waals surface area contributed by atoms with Crippen LogP contribution in [0.25, 0.3) is 0 Å². The molecular weight excluding hydrogens is 336 g/mol. The number of amides is 2. The second-order valence-corrected chi connectivity index (χ2v) is 6.84. The number of thiophene rings is 1. The normalized spacial score (nSPS) is 21.1. The van der Waals surface area contributed by atoms with E-state index in [4.69, 9.17) is 16.3 Å². The average molecular weight is 355 g/mol. The first-order chi connectivity index (χ1) is 11.2. The molecule has 1 saturated heterocycles. The molecule has 0 spiro atoms. The topological polar surface area (TPSA) is 68.2 Å². The number of hydrogen-bond acceptors (Lipinski definition) is 4. The van der Waals surface area contributed by atoms with E-state index in [2.05, 4.69) is 22.5 Å². The van der Waals surface area contributed by atoms with Gasteiger partial charge in [0, 0.05) is 25.5 Å². The molecule has 2 amide bonds. The molecule has 0 aliphatic carbocycles. The van der Waals surface area contributed by atoms with Crippen LogP contribution in [0.5, 0.6) is 0 Å². The summed E-state index contributed by atoms with van der Waals surface area (Å²) in [5, 5.41) is 7.61. The fraction of sp³-hybridized carbons (Fsp3) is 0.467. The monoisotopic (exact) mass is 354 g/mol. The predicted octanol–water partition coefficient (Wildman–Crippen LogP) is 3.66. The molecule has 0 bridgehead atoms. The van der Waals surface area contributed by atoms with Gasteiger partial charge in [-0.15, -0.1) is 11.3 Å². The lowest BCUT2D eigenvalue weighted by Crippen LogP contribution is -2.45. The van der Waals surface area contributed by atoms with Crippen LogP contribution in [-0.4, -0.2) is 28.2 Å². The summed E-state index contributed by atoms with van der Waals surface area (Å²) in [4.78, 5) is 16.6. The Hall–Kier alpha value is -1.57. The Kier molecular flexibility index (Phi) is 5.20. The van der Waals surface area contributed by atoms with E-state index in [-0.39, 0.29) is 18.2 Å². The van der Waals surface area contributed by atoms with Crippen molar-refractivity contribution in [2.75, 3.05) is 11.9 Å². The number of ether oxygens (including phenoxy) is 1. The summed E-state index contributed by atoms with van der Waals surface area (Å²) < 4.78 is 8.50. The minimum absolute atomic E-state index is 0.117. The first-order valence-corrected chi connectivity index (χ1v) is 8.88. The molecular formula is C15H19ClN4O2S. The molecule has 124 valence electrons. The summed E-state index contributed by atoms with van der Waals surface area (Å²) in [7, 11) is 0. The van der Waals surface area contributed by atoms with Crippen LogP contribution in [0.3, 0.4) is 0 Å². The Morgan fingerprint density at radius 3 is 3.22 bits per heavy atom. The van der Waals surface area contributed by atoms with Gasteiger partial charge in [-0.25, -0.2) is 9.78 Å². The molecule has 2 N–H and O–H groups in total. The first-order valence-electron chi connectivity index (χ1n) is 7.62. The number of rotatable bonds is 4. The van der Waals surface area contributed by atoms with Gasteiger partial charge in [-0.1, -0.05) is 11.6 Å². The highest BCUT2D eigenvalue weighted by Gasteiger charge is 2.31. The number of imidazole rings is 1. The third-order valence-corrected chi connectivity index (χ3v) is 5.02. The minimum Gasteiger partial charge on any atom is -0.368 e. The number of nitrogens with one attached hydrogen (secondary N) is 2. The van der Waals surface area contributed by atoms with E-state index in [0.717, 1.165) is 25.2 Å². The molecule has 0 aromatic carbocycles. The zero-order chi connectivity index (χ0) is 16.2. The summed E-state index contributed by atoms with van der Waals surface area (Å²) in [6.45, 7) is 3.55. The third kappa shape index (κ3) is 3.68. The van der Waals surface area contributed by atoms with Gasteiger partial charge in [-0.2, -0.15) is 0 Å². The van der Waals surface area contributed by atoms with E-state index in [0.29, 0.717) is 16.6 Å². The Labute approximate surface area is 143 Å². The highest BCUT2D eigenvalue weighted by Crippen LogP contribution is 2.29. The summed E-state index contributed by atoms with van der Waals surface area (Å²) in [6, 6.07) is 1.39. The van der Waals surface area contributed by atoms with Crippen molar-refractivity contribution in [3.8, 4) is 0 Å². The zero-order valence-corrected chi connectivity index (χ0v) is 14.4. The SMILES string of the molecule is CCn1ccnc1[C@H]1OCCC[C@@H]1NC(=O)Nc1ccsc1Cl. The van der Waals surface area contributed by atoms with Gasteiger partial charge in [0.1, 0.15) is 16.3 Å². The van der Waals surface area contributed by atoms with Crippen LogP contribution in [0.15, 0.2) is 23.8 Å². The number of anilines is 1. The van der Waals surface area contributed by atoms with Gasteiger partial charge < -0.3 is 19.9 Å². The van der Waals surface area contributed by atoms with E-state index >= 15 is 0 Å². The number of carbonyl (C=O) groups is 1. The molecule has 6 nitrogen and oxygen atoms in total. The molecule has 2 atom stereocenters. The first kappa shape index (κ1) is 16.3. The number of nitrogens with zero attached hydrogens (tertiary/aromatic N) is 2. The molecule has 23 heavy (non-hydrogen) atoms. The van der Waals surface area contributed by atoms with Crippen LogP contribution in [0.2, 0.25) is 4.34 Å². The van der Waals surface area contributed by atoms with Gasteiger partial charge >= 0.3 is 6.03 Å². The van der Waals surface area contributed by atoms with E-state index < -0.39 is 0 Å². The zero-order valence-electron chi connectivity index (χ0n) is 12.8. The second-order valence-electron chi connectivity index (χ2n) is 5.32. The van der Waals surface area contributed by atoms with Crippen molar-refractivity contribution in [1.82, 2.24) is 14.9 Å². The summed E-state index contributed by atoms with van der Waals surface area (Å²) in [6.07, 6.45) is 5.22. The van der Waals surface area contributed by atoms with Gasteiger partial charge in [0.2, 0.25) is 0 Å². The van der Waals surface area contributed by atoms with E-state index in [1.165, 1.54) is 11.3 Å². The summed E-state index contributed by atoms with van der Waals surface area (Å²) in [5.74, 6) is 0.853. The van der Waals surface area contributed by atoms with Crippen LogP contribution in [0, 0.1) is 0 Å². The molecule has 2 aromatic rings. The van der Waals surface area contributed by atoms with Crippen molar-refractivity contribution in [2.45, 2.75) is 38.5 Å². The lowest BCUT2D eigenvalue weighted by atomic mass is 10.0. The molecule has 0 unspecified atom stereocenters. The van der Waals surface area contributed by atoms with E-state index in [1.54, 1.807) is 12.3 Å². The number of urea groups is 1. The molecule has 0 radical (unpaired) electrons. The third-order valence-electron chi connectivity index (χ3n) is 3.85. The second kappa shape index (κ2) is 7.33. The van der Waals surface area contributed by atoms with Crippen molar-refractivity contribution in [3.05, 3.63) is 34.0 Å². The Balaban J connectivity index is 1.69. The van der Waals surface area contributed by atoms with Crippen LogP contribution < -0.4 is 10.6 Å². The smallest absolute Gasteiger partial charge is 0.319 e. The maximum absolute atomic E-state index is 12.2. The van der Waals surface area contributed by atoms with Gasteiger partial charge in [0.25, 0.3) is 0 Å². The Bertz CT molecular complexity index is 672. The highest BCUT2D eigenvalue weighted by atomic mass is 35.5. The van der Waals surface area contributed by atoms with Crippen molar-refractivity contribution >= 4 is 34.7 Å². The largest absolute Gasteiger partial charge is 0.368 e. The molecule has 1 fully saturated rings. The number of hydrogen-bond donors (Lipinski definition) is 2. The molecule has 8 heteroatoms. The molecule has 3 heterocycles. The van der Waals surface area contributed by atoms with Gasteiger partial charge in [0.15, 0.2) is 0 Å². The minimum atomic E-state index is -0.277. The van der Waals surface area contributed by atoms with Gasteiger partial charge in [-0.3, -0.25) is 0 Å². The van der Waals surface area contributed by atoms with Crippen LogP contribution in [0.4, 0.5) is 10.5 Å². The maximum atomic E-state index is 12.2. The van der Waals surface area contributed by atoms with Crippen LogP contribution in [0.1, 0.15) is 31.7 Å². The number of aryl methyl sites for hydroxylation is 1. The standard InChI is InChI=1S/C15H19ClN4O2S/c1-2-20-7-6-17-14(20)12-10(4-3-8-22-12)18-15(21)19-11-5-9-23-13(11)16/h5-7,9-10,12H,2-4,8H2,1H3,(H2,18,19,21)/t10-,12-/m0/s1. The van der Waals surface area contributed by atoms with Crippen molar-refractivity contribution < 1.29 is 9.53 Å². The highest BCUT2D eigenvalue weighted by molar-refractivity contribution is 7.15. The summed E-state index contributed by atoms with van der Waals surface area (Å²) >= 11 is 7.39.